The van der Waals surface area contributed by atoms with Crippen molar-refractivity contribution in [2.45, 2.75) is 78.7 Å². The zero-order valence-electron chi connectivity index (χ0n) is 19.1. The fourth-order valence-electron chi connectivity index (χ4n) is 4.96. The second kappa shape index (κ2) is 8.37. The Balaban J connectivity index is 1.93. The number of hydrogen-bond acceptors (Lipinski definition) is 5. The molecule has 0 N–H and O–H groups in total. The third-order valence-corrected chi connectivity index (χ3v) is 6.44. The molecule has 0 saturated heterocycles. The number of hydrogen-bond donors (Lipinski definition) is 0. The van der Waals surface area contributed by atoms with E-state index in [-0.39, 0.29) is 29.7 Å². The molecule has 1 heterocycles. The van der Waals surface area contributed by atoms with Gasteiger partial charge in [-0.25, -0.2) is 0 Å². The lowest BCUT2D eigenvalue weighted by Gasteiger charge is -2.30. The van der Waals surface area contributed by atoms with Gasteiger partial charge < -0.3 is 9.57 Å². The standard InChI is InChI=1S/C25H33NO4/c1-8-10-29-26-19(9-2)23-20(27)11-17(12-21(23)28)22-14(3)15(4)24-18(16(22)5)13-25(6,7)30-24/h8,17,23H,1,9-13H2,2-7H3. The lowest BCUT2D eigenvalue weighted by Crippen LogP contribution is -2.38. The van der Waals surface area contributed by atoms with Crippen molar-refractivity contribution in [3.05, 3.63) is 40.5 Å². The fraction of sp³-hybridized carbons (Fsp3) is 0.560. The highest BCUT2D eigenvalue weighted by Crippen LogP contribution is 2.46. The molecular formula is C25H33NO4. The largest absolute Gasteiger partial charge is 0.487 e. The lowest BCUT2D eigenvalue weighted by atomic mass is 9.72. The molecule has 0 amide bonds. The van der Waals surface area contributed by atoms with Crippen LogP contribution in [0.15, 0.2) is 17.8 Å². The molecule has 0 bridgehead atoms. The third kappa shape index (κ3) is 3.94. The summed E-state index contributed by atoms with van der Waals surface area (Å²) in [4.78, 5) is 31.3. The summed E-state index contributed by atoms with van der Waals surface area (Å²) in [5.41, 5.74) is 6.06. The average Bonchev–Trinajstić information content (AvgIpc) is 3.00. The first-order valence-corrected chi connectivity index (χ1v) is 10.8. The van der Waals surface area contributed by atoms with Gasteiger partial charge >= 0.3 is 0 Å². The number of Topliss-reactive ketones (excluding diaryl/α,β-unsaturated/α-hetero) is 2. The molecule has 1 aromatic carbocycles. The van der Waals surface area contributed by atoms with Crippen LogP contribution in [-0.2, 0) is 20.8 Å². The summed E-state index contributed by atoms with van der Waals surface area (Å²) in [6.45, 7) is 16.2. The van der Waals surface area contributed by atoms with Crippen LogP contribution in [0, 0.1) is 26.7 Å². The maximum atomic E-state index is 13.1. The van der Waals surface area contributed by atoms with Gasteiger partial charge in [0, 0.05) is 24.8 Å². The van der Waals surface area contributed by atoms with Gasteiger partial charge in [-0.1, -0.05) is 24.7 Å². The Morgan fingerprint density at radius 2 is 1.80 bits per heavy atom. The van der Waals surface area contributed by atoms with E-state index in [0.29, 0.717) is 25.0 Å². The maximum Gasteiger partial charge on any atom is 0.149 e. The first-order chi connectivity index (χ1) is 14.1. The molecule has 1 aliphatic heterocycles. The fourth-order valence-corrected chi connectivity index (χ4v) is 4.96. The summed E-state index contributed by atoms with van der Waals surface area (Å²) in [5, 5.41) is 4.05. The molecule has 1 saturated carbocycles. The number of nitrogens with zero attached hydrogens (tertiary/aromatic N) is 1. The van der Waals surface area contributed by atoms with Crippen molar-refractivity contribution in [2.75, 3.05) is 6.61 Å². The number of ketones is 2. The quantitative estimate of drug-likeness (QED) is 0.219. The van der Waals surface area contributed by atoms with E-state index in [2.05, 4.69) is 46.4 Å². The van der Waals surface area contributed by atoms with Crippen LogP contribution in [0.25, 0.3) is 0 Å². The van der Waals surface area contributed by atoms with Gasteiger partial charge in [-0.2, -0.15) is 0 Å². The molecule has 2 aliphatic rings. The van der Waals surface area contributed by atoms with Gasteiger partial charge in [0.1, 0.15) is 35.4 Å². The average molecular weight is 412 g/mol. The van der Waals surface area contributed by atoms with E-state index in [9.17, 15) is 9.59 Å². The van der Waals surface area contributed by atoms with Crippen LogP contribution in [0.3, 0.4) is 0 Å². The summed E-state index contributed by atoms with van der Waals surface area (Å²) < 4.78 is 6.21. The molecule has 0 spiro atoms. The van der Waals surface area contributed by atoms with Crippen LogP contribution in [0.2, 0.25) is 0 Å². The number of carbonyl (C=O) groups is 2. The molecule has 1 aliphatic carbocycles. The molecule has 162 valence electrons. The maximum absolute atomic E-state index is 13.1. The Bertz CT molecular complexity index is 908. The molecule has 30 heavy (non-hydrogen) atoms. The molecule has 5 heteroatoms. The zero-order valence-corrected chi connectivity index (χ0v) is 19.1. The molecule has 0 radical (unpaired) electrons. The molecule has 3 rings (SSSR count). The summed E-state index contributed by atoms with van der Waals surface area (Å²) in [6, 6.07) is 0. The zero-order chi connectivity index (χ0) is 22.2. The Labute approximate surface area is 179 Å². The van der Waals surface area contributed by atoms with Gasteiger partial charge in [0.15, 0.2) is 0 Å². The van der Waals surface area contributed by atoms with Crippen molar-refractivity contribution in [3.8, 4) is 5.75 Å². The summed E-state index contributed by atoms with van der Waals surface area (Å²) in [6.07, 6.45) is 3.63. The predicted octanol–water partition coefficient (Wildman–Crippen LogP) is 4.93. The Morgan fingerprint density at radius 3 is 2.37 bits per heavy atom. The summed E-state index contributed by atoms with van der Waals surface area (Å²) in [5.74, 6) is -0.0272. The Morgan fingerprint density at radius 1 is 1.17 bits per heavy atom. The van der Waals surface area contributed by atoms with Crippen molar-refractivity contribution in [3.63, 3.8) is 0 Å². The number of benzene rings is 1. The van der Waals surface area contributed by atoms with Crippen molar-refractivity contribution in [1.29, 1.82) is 0 Å². The van der Waals surface area contributed by atoms with Crippen LogP contribution < -0.4 is 4.74 Å². The van der Waals surface area contributed by atoms with Crippen molar-refractivity contribution in [2.24, 2.45) is 11.1 Å². The van der Waals surface area contributed by atoms with Crippen LogP contribution >= 0.6 is 0 Å². The van der Waals surface area contributed by atoms with Gasteiger partial charge in [0.25, 0.3) is 0 Å². The van der Waals surface area contributed by atoms with Crippen LogP contribution in [0.5, 0.6) is 5.75 Å². The Kier molecular flexibility index (Phi) is 6.21. The van der Waals surface area contributed by atoms with E-state index >= 15 is 0 Å². The smallest absolute Gasteiger partial charge is 0.149 e. The van der Waals surface area contributed by atoms with Gasteiger partial charge in [-0.15, -0.1) is 0 Å². The molecule has 5 nitrogen and oxygen atoms in total. The monoisotopic (exact) mass is 411 g/mol. The predicted molar refractivity (Wildman–Crippen MR) is 118 cm³/mol. The van der Waals surface area contributed by atoms with Gasteiger partial charge in [0.05, 0.1) is 5.71 Å². The third-order valence-electron chi connectivity index (χ3n) is 6.44. The first-order valence-electron chi connectivity index (χ1n) is 10.8. The molecule has 1 aromatic rings. The topological polar surface area (TPSA) is 65.0 Å². The highest BCUT2D eigenvalue weighted by Gasteiger charge is 2.41. The molecular weight excluding hydrogens is 378 g/mol. The number of rotatable bonds is 6. The SMILES string of the molecule is C=CCON=C(CC)C1C(=O)CC(c2c(C)c(C)c3c(c2C)CC(C)(C)O3)CC1=O. The van der Waals surface area contributed by atoms with E-state index in [1.54, 1.807) is 6.08 Å². The second-order valence-corrected chi connectivity index (χ2v) is 9.13. The Hall–Kier alpha value is -2.43. The number of carbonyl (C=O) groups excluding carboxylic acids is 2. The highest BCUT2D eigenvalue weighted by molar-refractivity contribution is 6.22. The minimum absolute atomic E-state index is 0.0624. The minimum Gasteiger partial charge on any atom is -0.487 e. The van der Waals surface area contributed by atoms with E-state index in [0.717, 1.165) is 28.9 Å². The molecule has 0 unspecified atom stereocenters. The molecule has 1 fully saturated rings. The summed E-state index contributed by atoms with van der Waals surface area (Å²) in [7, 11) is 0. The van der Waals surface area contributed by atoms with Crippen molar-refractivity contribution in [1.82, 2.24) is 0 Å². The highest BCUT2D eigenvalue weighted by atomic mass is 16.6. The van der Waals surface area contributed by atoms with Gasteiger partial charge in [-0.05, 0) is 69.2 Å². The molecule has 0 aromatic heterocycles. The number of ether oxygens (including phenoxy) is 1. The van der Waals surface area contributed by atoms with E-state index in [1.165, 1.54) is 11.1 Å². The second-order valence-electron chi connectivity index (χ2n) is 9.13. The molecule has 0 atom stereocenters. The number of oxime groups is 1. The van der Waals surface area contributed by atoms with Crippen LogP contribution in [0.4, 0.5) is 0 Å². The normalized spacial score (nSPS) is 23.2. The minimum atomic E-state index is -0.783. The van der Waals surface area contributed by atoms with E-state index in [1.807, 2.05) is 6.92 Å². The van der Waals surface area contributed by atoms with Gasteiger partial charge in [-0.3, -0.25) is 9.59 Å². The lowest BCUT2D eigenvalue weighted by molar-refractivity contribution is -0.133. The van der Waals surface area contributed by atoms with Crippen LogP contribution in [0.1, 0.15) is 73.8 Å². The van der Waals surface area contributed by atoms with Crippen LogP contribution in [-0.4, -0.2) is 29.5 Å². The first kappa shape index (κ1) is 22.3. The van der Waals surface area contributed by atoms with Crippen molar-refractivity contribution < 1.29 is 19.2 Å². The van der Waals surface area contributed by atoms with Crippen molar-refractivity contribution >= 4 is 17.3 Å². The number of fused-ring (bicyclic) bond motifs is 1. The van der Waals surface area contributed by atoms with E-state index in [4.69, 9.17) is 9.57 Å². The summed E-state index contributed by atoms with van der Waals surface area (Å²) >= 11 is 0. The van der Waals surface area contributed by atoms with E-state index < -0.39 is 5.92 Å². The van der Waals surface area contributed by atoms with Gasteiger partial charge in [0.2, 0.25) is 0 Å².